The van der Waals surface area contributed by atoms with Crippen LogP contribution in [-0.4, -0.2) is 74.9 Å². The molecule has 504 valence electrons. The number of esters is 2. The van der Waals surface area contributed by atoms with Gasteiger partial charge in [0.1, 0.15) is 19.8 Å². The van der Waals surface area contributed by atoms with E-state index in [4.69, 9.17) is 18.5 Å². The molecule has 2 atom stereocenters. The molecule has 1 N–H and O–H groups in total. The molecule has 9 nitrogen and oxygen atoms in total. The van der Waals surface area contributed by atoms with Gasteiger partial charge >= 0.3 is 19.8 Å². The molecule has 0 spiro atoms. The van der Waals surface area contributed by atoms with Gasteiger partial charge in [-0.25, -0.2) is 4.57 Å². The first-order valence-electron chi connectivity index (χ1n) is 34.8. The summed E-state index contributed by atoms with van der Waals surface area (Å²) in [5.74, 6) is -0.846. The van der Waals surface area contributed by atoms with Gasteiger partial charge in [0, 0.05) is 12.8 Å². The Kier molecular flexibility index (Phi) is 63.9. The van der Waals surface area contributed by atoms with E-state index in [1.807, 2.05) is 21.1 Å². The number of ether oxygens (including phenoxy) is 2. The summed E-state index contributed by atoms with van der Waals surface area (Å²) in [6.07, 6.45) is 108. The molecule has 0 radical (unpaired) electrons. The lowest BCUT2D eigenvalue weighted by molar-refractivity contribution is -0.870. The van der Waals surface area contributed by atoms with E-state index in [0.29, 0.717) is 23.9 Å². The molecular weight excluding hydrogens is 1130 g/mol. The van der Waals surface area contributed by atoms with Crippen molar-refractivity contribution >= 4 is 19.8 Å². The second-order valence-corrected chi connectivity index (χ2v) is 24.9. The third-order valence-corrected chi connectivity index (χ3v) is 14.8. The zero-order chi connectivity index (χ0) is 65.5. The van der Waals surface area contributed by atoms with Crippen LogP contribution >= 0.6 is 7.82 Å². The van der Waals surface area contributed by atoms with Crippen LogP contribution in [0.15, 0.2) is 207 Å². The monoisotopic (exact) mass is 1260 g/mol. The van der Waals surface area contributed by atoms with Gasteiger partial charge in [-0.3, -0.25) is 18.6 Å². The highest BCUT2D eigenvalue weighted by Crippen LogP contribution is 2.43. The van der Waals surface area contributed by atoms with Gasteiger partial charge in [-0.15, -0.1) is 0 Å². The molecule has 0 amide bonds. The average Bonchev–Trinajstić information content (AvgIpc) is 3.58. The Morgan fingerprint density at radius 3 is 0.889 bits per heavy atom. The Morgan fingerprint density at radius 1 is 0.344 bits per heavy atom. The summed E-state index contributed by atoms with van der Waals surface area (Å²) in [4.78, 5) is 35.9. The fraction of sp³-hybridized carbons (Fsp3) is 0.550. The number of quaternary nitrogens is 1. The first-order valence-corrected chi connectivity index (χ1v) is 36.3. The van der Waals surface area contributed by atoms with Crippen molar-refractivity contribution < 1.29 is 42.1 Å². The normalized spacial score (nSPS) is 14.4. The number of hydrogen-bond donors (Lipinski definition) is 1. The zero-order valence-electron chi connectivity index (χ0n) is 57.3. The van der Waals surface area contributed by atoms with Crippen molar-refractivity contribution in [1.29, 1.82) is 0 Å². The Labute approximate surface area is 551 Å². The summed E-state index contributed by atoms with van der Waals surface area (Å²) in [6.45, 7) is 4.14. The topological polar surface area (TPSA) is 108 Å². The number of allylic oxidation sites excluding steroid dienone is 34. The second-order valence-electron chi connectivity index (χ2n) is 23.4. The van der Waals surface area contributed by atoms with Gasteiger partial charge in [0.2, 0.25) is 0 Å². The molecule has 0 aliphatic carbocycles. The summed E-state index contributed by atoms with van der Waals surface area (Å²) < 4.78 is 34.7. The number of phosphoric ester groups is 1. The largest absolute Gasteiger partial charge is 0.472 e. The van der Waals surface area contributed by atoms with Crippen LogP contribution in [0.5, 0.6) is 0 Å². The molecule has 0 saturated heterocycles. The smallest absolute Gasteiger partial charge is 0.462 e. The van der Waals surface area contributed by atoms with E-state index in [9.17, 15) is 19.0 Å². The molecule has 0 bridgehead atoms. The SMILES string of the molecule is CC/C=C\C/C=C\C/C=C\C/C=C\C/C=C\C/C=C\C/C=C\C/C=C\C/C=C\C/C=C\C/C=C\CCCCCCCC(=O)OC(COC(=O)CCCCCCCCCC/C=C\C/C=C\C/C=C\C/C=C\C/C=C\C/C=C\CC)COP(=O)(O)OCC[N+](C)(C)C. The molecule has 2 unspecified atom stereocenters. The fourth-order valence-corrected chi connectivity index (χ4v) is 9.29. The highest BCUT2D eigenvalue weighted by molar-refractivity contribution is 7.47. The van der Waals surface area contributed by atoms with Crippen molar-refractivity contribution in [3.8, 4) is 0 Å². The third kappa shape index (κ3) is 71.7. The number of phosphoric acid groups is 1. The maximum atomic E-state index is 12.9. The van der Waals surface area contributed by atoms with Crippen molar-refractivity contribution in [2.24, 2.45) is 0 Å². The maximum absolute atomic E-state index is 12.9. The lowest BCUT2D eigenvalue weighted by Gasteiger charge is -2.24. The Morgan fingerprint density at radius 2 is 0.600 bits per heavy atom. The van der Waals surface area contributed by atoms with E-state index in [1.54, 1.807) is 0 Å². The quantitative estimate of drug-likeness (QED) is 0.0211. The van der Waals surface area contributed by atoms with Gasteiger partial charge in [0.15, 0.2) is 6.10 Å². The standard InChI is InChI=1S/C80H126NO8P/c1-6-8-10-12-14-16-18-20-22-24-26-28-30-32-34-35-36-37-38-39-40-41-42-43-44-45-47-49-51-53-55-57-59-61-63-65-67-69-71-73-80(83)89-78(77-88-90(84,85)87-75-74-81(3,4)5)76-86-79(82)72-70-68-66-64-62-60-58-56-54-52-50-48-46-33-31-29-27-25-23-21-19-17-15-13-11-9-7-2/h8-11,14-17,20-23,26-29,32-34,36-37,39-40,42-43,45-47,50-53,57,59,78H,6-7,12-13,18-19,24-25,30-31,35,38,41,44,48-49,54-56,58,60-77H2,1-5H3/p+1/b10-8-,11-9-,16-14-,17-15-,22-20-,23-21-,28-26-,29-27-,34-32-,37-36-,40-39-,43-42-,46-33-,47-45-,52-50-,53-51-,59-57-. The van der Waals surface area contributed by atoms with E-state index in [1.165, 1.54) is 25.7 Å². The summed E-state index contributed by atoms with van der Waals surface area (Å²) in [5, 5.41) is 0. The minimum absolute atomic E-state index is 0.0141. The first-order chi connectivity index (χ1) is 44.0. The zero-order valence-corrected chi connectivity index (χ0v) is 58.2. The van der Waals surface area contributed by atoms with E-state index in [2.05, 4.69) is 220 Å². The van der Waals surface area contributed by atoms with Crippen LogP contribution in [0.4, 0.5) is 0 Å². The Bertz CT molecular complexity index is 2270. The molecule has 0 aromatic rings. The van der Waals surface area contributed by atoms with Crippen LogP contribution in [0.2, 0.25) is 0 Å². The molecule has 10 heteroatoms. The highest BCUT2D eigenvalue weighted by Gasteiger charge is 2.27. The number of carbonyl (C=O) groups is 2. The second kappa shape index (κ2) is 68.0. The minimum Gasteiger partial charge on any atom is -0.462 e. The molecule has 0 aromatic carbocycles. The van der Waals surface area contributed by atoms with Crippen molar-refractivity contribution in [3.63, 3.8) is 0 Å². The Balaban J connectivity index is 4.22. The van der Waals surface area contributed by atoms with E-state index in [-0.39, 0.29) is 32.0 Å². The van der Waals surface area contributed by atoms with Crippen molar-refractivity contribution in [1.82, 2.24) is 0 Å². The lowest BCUT2D eigenvalue weighted by Crippen LogP contribution is -2.37. The molecule has 90 heavy (non-hydrogen) atoms. The maximum Gasteiger partial charge on any atom is 0.472 e. The molecular formula is C80H127NO8P+. The summed E-state index contributed by atoms with van der Waals surface area (Å²) in [5.41, 5.74) is 0. The van der Waals surface area contributed by atoms with E-state index < -0.39 is 26.5 Å². The molecule has 0 aliphatic rings. The minimum atomic E-state index is -4.42. The molecule has 0 saturated carbocycles. The van der Waals surface area contributed by atoms with Gasteiger partial charge in [0.05, 0.1) is 27.7 Å². The Hall–Kier alpha value is -5.41. The van der Waals surface area contributed by atoms with Crippen molar-refractivity contribution in [2.45, 2.75) is 238 Å². The van der Waals surface area contributed by atoms with Crippen LogP contribution in [0.1, 0.15) is 232 Å². The molecule has 0 aromatic heterocycles. The number of likely N-dealkylation sites (N-methyl/N-ethyl adjacent to an activating group) is 1. The van der Waals surface area contributed by atoms with E-state index >= 15 is 0 Å². The van der Waals surface area contributed by atoms with Gasteiger partial charge in [0.25, 0.3) is 0 Å². The third-order valence-electron chi connectivity index (χ3n) is 13.8. The van der Waals surface area contributed by atoms with Gasteiger partial charge in [-0.1, -0.05) is 278 Å². The summed E-state index contributed by atoms with van der Waals surface area (Å²) >= 11 is 0. The van der Waals surface area contributed by atoms with E-state index in [0.717, 1.165) is 167 Å². The van der Waals surface area contributed by atoms with Crippen LogP contribution in [0, 0.1) is 0 Å². The van der Waals surface area contributed by atoms with Crippen molar-refractivity contribution in [3.05, 3.63) is 207 Å². The molecule has 0 fully saturated rings. The van der Waals surface area contributed by atoms with Gasteiger partial charge in [-0.2, -0.15) is 0 Å². The first kappa shape index (κ1) is 84.6. The number of unbranched alkanes of at least 4 members (excludes halogenated alkanes) is 13. The number of rotatable bonds is 61. The number of carbonyl (C=O) groups excluding carboxylic acids is 2. The molecule has 0 heterocycles. The molecule has 0 aliphatic heterocycles. The van der Waals surface area contributed by atoms with Crippen LogP contribution in [0.3, 0.4) is 0 Å². The van der Waals surface area contributed by atoms with Gasteiger partial charge in [-0.05, 0) is 148 Å². The summed E-state index contributed by atoms with van der Waals surface area (Å²) in [6, 6.07) is 0. The van der Waals surface area contributed by atoms with Crippen molar-refractivity contribution in [2.75, 3.05) is 47.5 Å². The molecule has 0 rings (SSSR count). The average molecular weight is 1260 g/mol. The number of nitrogens with zero attached hydrogens (tertiary/aromatic N) is 1. The van der Waals surface area contributed by atoms with Crippen LogP contribution in [-0.2, 0) is 32.7 Å². The summed E-state index contributed by atoms with van der Waals surface area (Å²) in [7, 11) is 1.43. The lowest BCUT2D eigenvalue weighted by atomic mass is 10.1. The number of hydrogen-bond acceptors (Lipinski definition) is 7. The fourth-order valence-electron chi connectivity index (χ4n) is 8.55. The van der Waals surface area contributed by atoms with Crippen LogP contribution in [0.25, 0.3) is 0 Å². The highest BCUT2D eigenvalue weighted by atomic mass is 31.2. The van der Waals surface area contributed by atoms with Gasteiger partial charge < -0.3 is 18.9 Å². The predicted octanol–water partition coefficient (Wildman–Crippen LogP) is 23.0. The van der Waals surface area contributed by atoms with Crippen LogP contribution < -0.4 is 0 Å². The predicted molar refractivity (Wildman–Crippen MR) is 389 cm³/mol.